The molecule has 0 aliphatic heterocycles. The molecule has 12 heavy (non-hydrogen) atoms. The van der Waals surface area contributed by atoms with Gasteiger partial charge in [0.25, 0.3) is 0 Å². The first kappa shape index (κ1) is 11.4. The standard InChI is InChI=1S/C8H16O4/c1-8(2,3)6(7(10)11)12-5-4-9/h6,9H,4-5H2,1-3H3,(H,10,11). The van der Waals surface area contributed by atoms with Crippen molar-refractivity contribution in [1.29, 1.82) is 0 Å². The van der Waals surface area contributed by atoms with Crippen LogP contribution < -0.4 is 0 Å². The molecular weight excluding hydrogens is 160 g/mol. The third kappa shape index (κ3) is 3.69. The lowest BCUT2D eigenvalue weighted by Gasteiger charge is -2.26. The number of carboxylic acids is 1. The lowest BCUT2D eigenvalue weighted by Crippen LogP contribution is -2.37. The van der Waals surface area contributed by atoms with Crippen LogP contribution in [0.15, 0.2) is 0 Å². The van der Waals surface area contributed by atoms with E-state index in [0.29, 0.717) is 0 Å². The van der Waals surface area contributed by atoms with Crippen LogP contribution in [-0.4, -0.2) is 35.5 Å². The van der Waals surface area contributed by atoms with Gasteiger partial charge in [-0.2, -0.15) is 0 Å². The van der Waals surface area contributed by atoms with Crippen LogP contribution in [-0.2, 0) is 9.53 Å². The van der Waals surface area contributed by atoms with Crippen molar-refractivity contribution in [3.05, 3.63) is 0 Å². The Hall–Kier alpha value is -0.610. The van der Waals surface area contributed by atoms with Crippen LogP contribution in [0.2, 0.25) is 0 Å². The van der Waals surface area contributed by atoms with Gasteiger partial charge in [-0.15, -0.1) is 0 Å². The van der Waals surface area contributed by atoms with Crippen LogP contribution in [0.4, 0.5) is 0 Å². The SMILES string of the molecule is CC(C)(C)C(OCCO)C(=O)O. The number of carboxylic acid groups (broad SMARTS) is 1. The van der Waals surface area contributed by atoms with Crippen LogP contribution in [0, 0.1) is 5.41 Å². The summed E-state index contributed by atoms with van der Waals surface area (Å²) in [7, 11) is 0. The highest BCUT2D eigenvalue weighted by molar-refractivity contribution is 5.73. The number of rotatable bonds is 4. The molecule has 0 bridgehead atoms. The minimum absolute atomic E-state index is 0.0637. The lowest BCUT2D eigenvalue weighted by atomic mass is 9.89. The van der Waals surface area contributed by atoms with E-state index in [2.05, 4.69) is 0 Å². The van der Waals surface area contributed by atoms with Crippen LogP contribution >= 0.6 is 0 Å². The van der Waals surface area contributed by atoms with E-state index >= 15 is 0 Å². The summed E-state index contributed by atoms with van der Waals surface area (Å²) in [6, 6.07) is 0. The summed E-state index contributed by atoms with van der Waals surface area (Å²) < 4.78 is 4.97. The number of aliphatic carboxylic acids is 1. The van der Waals surface area contributed by atoms with Gasteiger partial charge < -0.3 is 14.9 Å². The van der Waals surface area contributed by atoms with E-state index in [1.807, 2.05) is 0 Å². The monoisotopic (exact) mass is 176 g/mol. The summed E-state index contributed by atoms with van der Waals surface area (Å²) in [4.78, 5) is 10.6. The average Bonchev–Trinajstić information content (AvgIpc) is 1.84. The highest BCUT2D eigenvalue weighted by atomic mass is 16.5. The van der Waals surface area contributed by atoms with Crippen LogP contribution in [0.1, 0.15) is 20.8 Å². The summed E-state index contributed by atoms with van der Waals surface area (Å²) in [5, 5.41) is 17.2. The van der Waals surface area contributed by atoms with Gasteiger partial charge in [-0.3, -0.25) is 0 Å². The lowest BCUT2D eigenvalue weighted by molar-refractivity contribution is -0.158. The number of hydrogen-bond donors (Lipinski definition) is 2. The zero-order chi connectivity index (χ0) is 9.78. The molecule has 72 valence electrons. The molecule has 1 atom stereocenters. The van der Waals surface area contributed by atoms with Gasteiger partial charge in [0.15, 0.2) is 6.10 Å². The zero-order valence-corrected chi connectivity index (χ0v) is 7.70. The first-order valence-electron chi connectivity index (χ1n) is 3.85. The molecule has 0 radical (unpaired) electrons. The van der Waals surface area contributed by atoms with Gasteiger partial charge in [0.05, 0.1) is 13.2 Å². The summed E-state index contributed by atoms with van der Waals surface area (Å²) in [5.41, 5.74) is -0.443. The average molecular weight is 176 g/mol. The molecule has 0 saturated carbocycles. The van der Waals surface area contributed by atoms with E-state index < -0.39 is 17.5 Å². The Bertz CT molecular complexity index is 148. The zero-order valence-electron chi connectivity index (χ0n) is 7.70. The maximum absolute atomic E-state index is 10.6. The fourth-order valence-corrected chi connectivity index (χ4v) is 0.862. The normalized spacial score (nSPS) is 14.3. The number of aliphatic hydroxyl groups is 1. The minimum atomic E-state index is -0.990. The van der Waals surface area contributed by atoms with Crippen molar-refractivity contribution in [2.75, 3.05) is 13.2 Å². The van der Waals surface area contributed by atoms with Gasteiger partial charge in [0.1, 0.15) is 0 Å². The molecule has 0 aromatic rings. The second kappa shape index (κ2) is 4.42. The van der Waals surface area contributed by atoms with Gasteiger partial charge in [-0.05, 0) is 5.41 Å². The summed E-state index contributed by atoms with van der Waals surface area (Å²) in [6.07, 6.45) is -0.857. The fourth-order valence-electron chi connectivity index (χ4n) is 0.862. The number of aliphatic hydroxyl groups excluding tert-OH is 1. The van der Waals surface area contributed by atoms with Crippen molar-refractivity contribution >= 4 is 5.97 Å². The van der Waals surface area contributed by atoms with Crippen molar-refractivity contribution < 1.29 is 19.7 Å². The van der Waals surface area contributed by atoms with Crippen molar-refractivity contribution in [2.24, 2.45) is 5.41 Å². The Morgan fingerprint density at radius 2 is 2.00 bits per heavy atom. The number of hydrogen-bond acceptors (Lipinski definition) is 3. The third-order valence-corrected chi connectivity index (χ3v) is 1.39. The highest BCUT2D eigenvalue weighted by Gasteiger charge is 2.31. The predicted octanol–water partition coefficient (Wildman–Crippen LogP) is 0.495. The Labute approximate surface area is 72.2 Å². The van der Waals surface area contributed by atoms with Gasteiger partial charge in [-0.1, -0.05) is 20.8 Å². The molecule has 0 spiro atoms. The molecule has 0 aromatic heterocycles. The van der Waals surface area contributed by atoms with E-state index in [1.165, 1.54) is 0 Å². The molecule has 0 aliphatic carbocycles. The van der Waals surface area contributed by atoms with Crippen molar-refractivity contribution in [1.82, 2.24) is 0 Å². The molecule has 0 rings (SSSR count). The molecule has 4 heteroatoms. The van der Waals surface area contributed by atoms with Gasteiger partial charge in [0, 0.05) is 0 Å². The first-order chi connectivity index (χ1) is 5.39. The molecule has 0 aliphatic rings. The third-order valence-electron chi connectivity index (χ3n) is 1.39. The Balaban J connectivity index is 4.15. The van der Waals surface area contributed by atoms with Crippen LogP contribution in [0.5, 0.6) is 0 Å². The molecular formula is C8H16O4. The second-order valence-corrected chi connectivity index (χ2v) is 3.68. The minimum Gasteiger partial charge on any atom is -0.479 e. The molecule has 2 N–H and O–H groups in total. The van der Waals surface area contributed by atoms with Gasteiger partial charge in [-0.25, -0.2) is 4.79 Å². The smallest absolute Gasteiger partial charge is 0.333 e. The van der Waals surface area contributed by atoms with E-state index in [9.17, 15) is 4.79 Å². The Morgan fingerprint density at radius 1 is 1.50 bits per heavy atom. The van der Waals surface area contributed by atoms with E-state index in [-0.39, 0.29) is 13.2 Å². The largest absolute Gasteiger partial charge is 0.479 e. The molecule has 0 saturated heterocycles. The van der Waals surface area contributed by atoms with Crippen molar-refractivity contribution in [3.8, 4) is 0 Å². The first-order valence-corrected chi connectivity index (χ1v) is 3.85. The summed E-state index contributed by atoms with van der Waals surface area (Å²) in [6.45, 7) is 5.25. The molecule has 1 unspecified atom stereocenters. The van der Waals surface area contributed by atoms with E-state index in [1.54, 1.807) is 20.8 Å². The van der Waals surface area contributed by atoms with Gasteiger partial charge >= 0.3 is 5.97 Å². The Morgan fingerprint density at radius 3 is 2.25 bits per heavy atom. The molecule has 0 fully saturated rings. The maximum Gasteiger partial charge on any atom is 0.333 e. The quantitative estimate of drug-likeness (QED) is 0.654. The fraction of sp³-hybridized carbons (Fsp3) is 0.875. The van der Waals surface area contributed by atoms with Crippen molar-refractivity contribution in [3.63, 3.8) is 0 Å². The number of carbonyl (C=O) groups is 1. The molecule has 0 heterocycles. The Kier molecular flexibility index (Phi) is 4.20. The summed E-state index contributed by atoms with van der Waals surface area (Å²) >= 11 is 0. The predicted molar refractivity (Wildman–Crippen MR) is 43.9 cm³/mol. The van der Waals surface area contributed by atoms with E-state index in [4.69, 9.17) is 14.9 Å². The molecule has 4 nitrogen and oxygen atoms in total. The van der Waals surface area contributed by atoms with Crippen LogP contribution in [0.25, 0.3) is 0 Å². The second-order valence-electron chi connectivity index (χ2n) is 3.68. The van der Waals surface area contributed by atoms with Gasteiger partial charge in [0.2, 0.25) is 0 Å². The topological polar surface area (TPSA) is 66.8 Å². The highest BCUT2D eigenvalue weighted by Crippen LogP contribution is 2.22. The maximum atomic E-state index is 10.6. The molecule has 0 aromatic carbocycles. The van der Waals surface area contributed by atoms with Crippen molar-refractivity contribution in [2.45, 2.75) is 26.9 Å². The molecule has 0 amide bonds. The van der Waals surface area contributed by atoms with Crippen LogP contribution in [0.3, 0.4) is 0 Å². The van der Waals surface area contributed by atoms with E-state index in [0.717, 1.165) is 0 Å². The summed E-state index contributed by atoms with van der Waals surface area (Å²) in [5.74, 6) is -0.990. The number of ether oxygens (including phenoxy) is 1.